The van der Waals surface area contributed by atoms with Crippen molar-refractivity contribution >= 4 is 43.1 Å². The SMILES string of the molecule is O=C(c1ccc(F)c(Br)c1)c1cc2ccccc2s1. The van der Waals surface area contributed by atoms with Gasteiger partial charge in [0.1, 0.15) is 5.82 Å². The van der Waals surface area contributed by atoms with E-state index in [1.54, 1.807) is 0 Å². The number of carbonyl (C=O) groups is 1. The molecule has 3 aromatic rings. The number of ketones is 1. The Bertz CT molecular complexity index is 746. The number of hydrogen-bond acceptors (Lipinski definition) is 2. The highest BCUT2D eigenvalue weighted by Crippen LogP contribution is 2.28. The third-order valence-electron chi connectivity index (χ3n) is 2.83. The van der Waals surface area contributed by atoms with E-state index >= 15 is 0 Å². The Morgan fingerprint density at radius 2 is 1.89 bits per heavy atom. The third-order valence-corrected chi connectivity index (χ3v) is 4.55. The number of thiophene rings is 1. The van der Waals surface area contributed by atoms with E-state index < -0.39 is 0 Å². The van der Waals surface area contributed by atoms with Crippen molar-refractivity contribution in [2.24, 2.45) is 0 Å². The molecule has 1 nitrogen and oxygen atoms in total. The van der Waals surface area contributed by atoms with Crippen molar-refractivity contribution in [2.45, 2.75) is 0 Å². The van der Waals surface area contributed by atoms with Crippen LogP contribution in [0.5, 0.6) is 0 Å². The minimum Gasteiger partial charge on any atom is -0.288 e. The van der Waals surface area contributed by atoms with Crippen LogP contribution in [0.15, 0.2) is 53.0 Å². The summed E-state index contributed by atoms with van der Waals surface area (Å²) >= 11 is 4.55. The maximum atomic E-state index is 13.2. The lowest BCUT2D eigenvalue weighted by molar-refractivity contribution is 0.104. The van der Waals surface area contributed by atoms with Gasteiger partial charge in [0.2, 0.25) is 5.78 Å². The van der Waals surface area contributed by atoms with E-state index in [1.807, 2.05) is 30.3 Å². The van der Waals surface area contributed by atoms with Gasteiger partial charge in [-0.3, -0.25) is 4.79 Å². The molecule has 0 atom stereocenters. The molecule has 2 aromatic carbocycles. The Kier molecular flexibility index (Phi) is 3.21. The lowest BCUT2D eigenvalue weighted by Gasteiger charge is -1.99. The van der Waals surface area contributed by atoms with E-state index in [2.05, 4.69) is 15.9 Å². The maximum absolute atomic E-state index is 13.2. The first kappa shape index (κ1) is 12.5. The predicted octanol–water partition coefficient (Wildman–Crippen LogP) is 5.03. The summed E-state index contributed by atoms with van der Waals surface area (Å²) in [6.45, 7) is 0. The highest BCUT2D eigenvalue weighted by atomic mass is 79.9. The lowest BCUT2D eigenvalue weighted by atomic mass is 10.1. The Morgan fingerprint density at radius 1 is 1.11 bits per heavy atom. The van der Waals surface area contributed by atoms with Crippen LogP contribution < -0.4 is 0 Å². The normalized spacial score (nSPS) is 10.8. The van der Waals surface area contributed by atoms with Crippen molar-refractivity contribution in [3.05, 3.63) is 69.3 Å². The second kappa shape index (κ2) is 4.87. The van der Waals surface area contributed by atoms with Crippen LogP contribution in [0.3, 0.4) is 0 Å². The molecule has 0 amide bonds. The Labute approximate surface area is 121 Å². The molecule has 0 radical (unpaired) electrons. The number of hydrogen-bond donors (Lipinski definition) is 0. The first-order chi connectivity index (χ1) is 9.15. The monoisotopic (exact) mass is 334 g/mol. The highest BCUT2D eigenvalue weighted by molar-refractivity contribution is 9.10. The van der Waals surface area contributed by atoms with Gasteiger partial charge in [-0.15, -0.1) is 11.3 Å². The van der Waals surface area contributed by atoms with Crippen molar-refractivity contribution in [1.29, 1.82) is 0 Å². The first-order valence-corrected chi connectivity index (χ1v) is 7.24. The molecule has 0 aliphatic carbocycles. The average molecular weight is 335 g/mol. The van der Waals surface area contributed by atoms with E-state index in [4.69, 9.17) is 0 Å². The second-order valence-corrected chi connectivity index (χ2v) is 6.04. The quantitative estimate of drug-likeness (QED) is 0.600. The van der Waals surface area contributed by atoms with Crippen LogP contribution in [0.2, 0.25) is 0 Å². The van der Waals surface area contributed by atoms with Crippen LogP contribution in [0, 0.1) is 5.82 Å². The van der Waals surface area contributed by atoms with E-state index in [0.29, 0.717) is 14.9 Å². The summed E-state index contributed by atoms with van der Waals surface area (Å²) in [5, 5.41) is 1.05. The van der Waals surface area contributed by atoms with Crippen molar-refractivity contribution in [2.75, 3.05) is 0 Å². The highest BCUT2D eigenvalue weighted by Gasteiger charge is 2.13. The first-order valence-electron chi connectivity index (χ1n) is 5.63. The van der Waals surface area contributed by atoms with Gasteiger partial charge < -0.3 is 0 Å². The summed E-state index contributed by atoms with van der Waals surface area (Å²) in [4.78, 5) is 13.0. The molecule has 0 aliphatic rings. The van der Waals surface area contributed by atoms with Gasteiger partial charge in [0, 0.05) is 10.3 Å². The lowest BCUT2D eigenvalue weighted by Crippen LogP contribution is -1.98. The summed E-state index contributed by atoms with van der Waals surface area (Å²) in [5.74, 6) is -0.449. The van der Waals surface area contributed by atoms with Crippen LogP contribution in [-0.4, -0.2) is 5.78 Å². The molecule has 0 saturated heterocycles. The van der Waals surface area contributed by atoms with Gasteiger partial charge >= 0.3 is 0 Å². The summed E-state index contributed by atoms with van der Waals surface area (Å²) < 4.78 is 14.6. The number of halogens is 2. The predicted molar refractivity (Wildman–Crippen MR) is 79.4 cm³/mol. The van der Waals surface area contributed by atoms with Gasteiger partial charge in [0.15, 0.2) is 0 Å². The Hall–Kier alpha value is -1.52. The van der Waals surface area contributed by atoms with Crippen LogP contribution >= 0.6 is 27.3 Å². The Morgan fingerprint density at radius 3 is 2.63 bits per heavy atom. The molecule has 0 spiro atoms. The van der Waals surface area contributed by atoms with Crippen molar-refractivity contribution in [3.8, 4) is 0 Å². The van der Waals surface area contributed by atoms with Crippen LogP contribution in [0.25, 0.3) is 10.1 Å². The van der Waals surface area contributed by atoms with Crippen LogP contribution in [0.1, 0.15) is 15.2 Å². The molecule has 0 unspecified atom stereocenters. The van der Waals surface area contributed by atoms with Crippen molar-refractivity contribution in [3.63, 3.8) is 0 Å². The molecular formula is C15H8BrFOS. The largest absolute Gasteiger partial charge is 0.288 e. The molecule has 1 heterocycles. The average Bonchev–Trinajstić information content (AvgIpc) is 2.85. The van der Waals surface area contributed by atoms with E-state index in [1.165, 1.54) is 29.5 Å². The van der Waals surface area contributed by atoms with Gasteiger partial charge in [-0.1, -0.05) is 18.2 Å². The molecule has 0 saturated carbocycles. The molecule has 0 aliphatic heterocycles. The third kappa shape index (κ3) is 2.33. The summed E-state index contributed by atoms with van der Waals surface area (Å²) in [6, 6.07) is 14.0. The molecule has 3 rings (SSSR count). The van der Waals surface area contributed by atoms with E-state index in [-0.39, 0.29) is 11.6 Å². The fraction of sp³-hybridized carbons (Fsp3) is 0. The summed E-state index contributed by atoms with van der Waals surface area (Å²) in [7, 11) is 0. The molecule has 1 aromatic heterocycles. The summed E-state index contributed by atoms with van der Waals surface area (Å²) in [5.41, 5.74) is 0.486. The fourth-order valence-electron chi connectivity index (χ4n) is 1.87. The van der Waals surface area contributed by atoms with Crippen molar-refractivity contribution < 1.29 is 9.18 Å². The van der Waals surface area contributed by atoms with Gasteiger partial charge in [-0.25, -0.2) is 4.39 Å². The van der Waals surface area contributed by atoms with Crippen LogP contribution in [0.4, 0.5) is 4.39 Å². The van der Waals surface area contributed by atoms with Crippen molar-refractivity contribution in [1.82, 2.24) is 0 Å². The maximum Gasteiger partial charge on any atom is 0.203 e. The van der Waals surface area contributed by atoms with Gasteiger partial charge in [0.25, 0.3) is 0 Å². The zero-order valence-corrected chi connectivity index (χ0v) is 12.1. The standard InChI is InChI=1S/C15H8BrFOS/c16-11-7-10(5-6-12(11)17)15(18)14-8-9-3-1-2-4-13(9)19-14/h1-8H. The van der Waals surface area contributed by atoms with Gasteiger partial charge in [-0.05, 0) is 51.6 Å². The topological polar surface area (TPSA) is 17.1 Å². The molecule has 19 heavy (non-hydrogen) atoms. The van der Waals surface area contributed by atoms with Gasteiger partial charge in [-0.2, -0.15) is 0 Å². The van der Waals surface area contributed by atoms with Gasteiger partial charge in [0.05, 0.1) is 9.35 Å². The number of benzene rings is 2. The Balaban J connectivity index is 2.05. The molecule has 0 N–H and O–H groups in total. The molecule has 0 fully saturated rings. The fourth-order valence-corrected chi connectivity index (χ4v) is 3.28. The zero-order valence-electron chi connectivity index (χ0n) is 9.69. The molecule has 0 bridgehead atoms. The van der Waals surface area contributed by atoms with E-state index in [0.717, 1.165) is 10.1 Å². The smallest absolute Gasteiger partial charge is 0.203 e. The molecule has 94 valence electrons. The zero-order chi connectivity index (χ0) is 13.4. The molecular weight excluding hydrogens is 327 g/mol. The van der Waals surface area contributed by atoms with E-state index in [9.17, 15) is 9.18 Å². The molecule has 4 heteroatoms. The minimum atomic E-state index is -0.368. The van der Waals surface area contributed by atoms with Crippen LogP contribution in [-0.2, 0) is 0 Å². The number of fused-ring (bicyclic) bond motifs is 1. The summed E-state index contributed by atoms with van der Waals surface area (Å²) in [6.07, 6.45) is 0. The number of rotatable bonds is 2. The number of carbonyl (C=O) groups excluding carboxylic acids is 1. The minimum absolute atomic E-state index is 0.0816. The second-order valence-electron chi connectivity index (χ2n) is 4.11.